The van der Waals surface area contributed by atoms with Crippen molar-refractivity contribution in [3.05, 3.63) is 40.7 Å². The van der Waals surface area contributed by atoms with Crippen LogP contribution in [0.3, 0.4) is 0 Å². The zero-order valence-electron chi connectivity index (χ0n) is 11.2. The zero-order valence-corrected chi connectivity index (χ0v) is 11.2. The number of nitrogens with zero attached hydrogens (tertiary/aromatic N) is 3. The summed E-state index contributed by atoms with van der Waals surface area (Å²) in [5.74, 6) is 0. The maximum atomic E-state index is 11.1. The zero-order chi connectivity index (χ0) is 14.3. The van der Waals surface area contributed by atoms with Gasteiger partial charge in [-0.2, -0.15) is 0 Å². The third-order valence-corrected chi connectivity index (χ3v) is 4.09. The first kappa shape index (κ1) is 12.8. The Morgan fingerprint density at radius 1 is 1.40 bits per heavy atom. The van der Waals surface area contributed by atoms with Crippen LogP contribution in [0.2, 0.25) is 0 Å². The number of fused-ring (bicyclic) bond motifs is 1. The predicted molar refractivity (Wildman–Crippen MR) is 77.8 cm³/mol. The molecule has 0 spiro atoms. The van der Waals surface area contributed by atoms with Crippen molar-refractivity contribution < 1.29 is 4.92 Å². The molecule has 3 rings (SSSR count). The van der Waals surface area contributed by atoms with E-state index in [2.05, 4.69) is 16.8 Å². The molecule has 1 aliphatic rings. The summed E-state index contributed by atoms with van der Waals surface area (Å²) in [6, 6.07) is 5.56. The Balaban J connectivity index is 2.18. The van der Waals surface area contributed by atoms with Gasteiger partial charge in [0.15, 0.2) is 0 Å². The molecule has 2 unspecified atom stereocenters. The van der Waals surface area contributed by atoms with Crippen LogP contribution in [0.5, 0.6) is 0 Å². The molecule has 2 N–H and O–H groups in total. The number of benzene rings is 1. The van der Waals surface area contributed by atoms with E-state index >= 15 is 0 Å². The van der Waals surface area contributed by atoms with Gasteiger partial charge in [-0.25, -0.2) is 0 Å². The minimum atomic E-state index is -0.368. The Labute approximate surface area is 116 Å². The van der Waals surface area contributed by atoms with E-state index in [-0.39, 0.29) is 22.7 Å². The summed E-state index contributed by atoms with van der Waals surface area (Å²) in [4.78, 5) is 17.0. The van der Waals surface area contributed by atoms with Gasteiger partial charge in [-0.3, -0.25) is 15.1 Å². The number of nitro groups is 1. The molecule has 0 radical (unpaired) electrons. The molecule has 6 nitrogen and oxygen atoms in total. The van der Waals surface area contributed by atoms with Crippen molar-refractivity contribution in [1.82, 2.24) is 4.98 Å². The lowest BCUT2D eigenvalue weighted by atomic mass is 10.1. The minimum Gasteiger partial charge on any atom is -0.367 e. The summed E-state index contributed by atoms with van der Waals surface area (Å²) in [7, 11) is 0. The number of pyridine rings is 1. The van der Waals surface area contributed by atoms with Gasteiger partial charge in [0.05, 0.1) is 10.3 Å². The van der Waals surface area contributed by atoms with Gasteiger partial charge >= 0.3 is 0 Å². The van der Waals surface area contributed by atoms with E-state index in [1.54, 1.807) is 18.5 Å². The van der Waals surface area contributed by atoms with Crippen molar-refractivity contribution in [3.63, 3.8) is 0 Å². The Morgan fingerprint density at radius 3 is 2.85 bits per heavy atom. The summed E-state index contributed by atoms with van der Waals surface area (Å²) >= 11 is 0. The highest BCUT2D eigenvalue weighted by Gasteiger charge is 2.29. The molecule has 2 heterocycles. The monoisotopic (exact) mass is 272 g/mol. The number of anilines is 1. The lowest BCUT2D eigenvalue weighted by Gasteiger charge is -2.26. The van der Waals surface area contributed by atoms with Gasteiger partial charge < -0.3 is 10.6 Å². The number of rotatable bonds is 2. The van der Waals surface area contributed by atoms with E-state index in [0.29, 0.717) is 5.39 Å². The fraction of sp³-hybridized carbons (Fsp3) is 0.357. The molecule has 6 heteroatoms. The topological polar surface area (TPSA) is 85.3 Å². The third-order valence-electron chi connectivity index (χ3n) is 4.09. The average Bonchev–Trinajstić information content (AvgIpc) is 2.77. The van der Waals surface area contributed by atoms with Crippen LogP contribution in [0.1, 0.15) is 13.3 Å². The van der Waals surface area contributed by atoms with Crippen LogP contribution in [0, 0.1) is 10.1 Å². The largest absolute Gasteiger partial charge is 0.367 e. The molecule has 0 saturated carbocycles. The summed E-state index contributed by atoms with van der Waals surface area (Å²) < 4.78 is 0. The van der Waals surface area contributed by atoms with Gasteiger partial charge in [0.25, 0.3) is 5.69 Å². The van der Waals surface area contributed by atoms with Gasteiger partial charge in [-0.1, -0.05) is 0 Å². The van der Waals surface area contributed by atoms with Crippen LogP contribution in [-0.4, -0.2) is 28.5 Å². The maximum Gasteiger partial charge on any atom is 0.278 e. The molecule has 0 bridgehead atoms. The van der Waals surface area contributed by atoms with Gasteiger partial charge in [0.2, 0.25) is 0 Å². The second kappa shape index (κ2) is 4.72. The quantitative estimate of drug-likeness (QED) is 0.668. The predicted octanol–water partition coefficient (Wildman–Crippen LogP) is 2.07. The molecule has 0 amide bonds. The van der Waals surface area contributed by atoms with E-state index in [9.17, 15) is 10.1 Å². The molecule has 0 aliphatic carbocycles. The molecule has 20 heavy (non-hydrogen) atoms. The van der Waals surface area contributed by atoms with E-state index in [1.807, 2.05) is 12.1 Å². The van der Waals surface area contributed by atoms with Crippen molar-refractivity contribution in [2.45, 2.75) is 25.4 Å². The SMILES string of the molecule is CC1C(N)CCN1c1ccc([N+](=O)[O-])c2cnccc12. The molecule has 2 aromatic rings. The Bertz CT molecular complexity index is 673. The summed E-state index contributed by atoms with van der Waals surface area (Å²) in [6.45, 7) is 2.96. The standard InChI is InChI=1S/C14H16N4O2/c1-9-12(15)5-7-17(9)13-2-3-14(18(19)20)11-8-16-6-4-10(11)13/h2-4,6,8-9,12H,5,7,15H2,1H3. The third kappa shape index (κ3) is 1.89. The minimum absolute atomic E-state index is 0.0907. The van der Waals surface area contributed by atoms with Crippen LogP contribution < -0.4 is 10.6 Å². The Morgan fingerprint density at radius 2 is 2.20 bits per heavy atom. The van der Waals surface area contributed by atoms with Crippen molar-refractivity contribution in [2.75, 3.05) is 11.4 Å². The van der Waals surface area contributed by atoms with Crippen molar-refractivity contribution >= 4 is 22.1 Å². The highest BCUT2D eigenvalue weighted by molar-refractivity contribution is 5.99. The van der Waals surface area contributed by atoms with Gasteiger partial charge in [0.1, 0.15) is 0 Å². The second-order valence-corrected chi connectivity index (χ2v) is 5.17. The van der Waals surface area contributed by atoms with Crippen molar-refractivity contribution in [3.8, 4) is 0 Å². The highest BCUT2D eigenvalue weighted by atomic mass is 16.6. The van der Waals surface area contributed by atoms with E-state index in [0.717, 1.165) is 24.0 Å². The van der Waals surface area contributed by atoms with Crippen LogP contribution in [-0.2, 0) is 0 Å². The van der Waals surface area contributed by atoms with Crippen LogP contribution in [0.4, 0.5) is 11.4 Å². The number of aromatic nitrogens is 1. The second-order valence-electron chi connectivity index (χ2n) is 5.17. The molecule has 1 saturated heterocycles. The molecular formula is C14H16N4O2. The molecule has 1 aromatic heterocycles. The summed E-state index contributed by atoms with van der Waals surface area (Å²) in [5, 5.41) is 12.5. The van der Waals surface area contributed by atoms with Gasteiger partial charge in [0, 0.05) is 48.2 Å². The normalized spacial score (nSPS) is 22.4. The highest BCUT2D eigenvalue weighted by Crippen LogP contribution is 2.35. The number of nitrogens with two attached hydrogens (primary N) is 1. The molecule has 1 fully saturated rings. The fourth-order valence-electron chi connectivity index (χ4n) is 2.87. The fourth-order valence-corrected chi connectivity index (χ4v) is 2.87. The van der Waals surface area contributed by atoms with Crippen LogP contribution >= 0.6 is 0 Å². The number of nitro benzene ring substituents is 1. The summed E-state index contributed by atoms with van der Waals surface area (Å²) in [6.07, 6.45) is 4.15. The van der Waals surface area contributed by atoms with E-state index in [4.69, 9.17) is 5.73 Å². The Kier molecular flexibility index (Phi) is 3.02. The molecular weight excluding hydrogens is 256 g/mol. The molecule has 1 aromatic carbocycles. The lowest BCUT2D eigenvalue weighted by molar-refractivity contribution is -0.383. The van der Waals surface area contributed by atoms with Crippen LogP contribution in [0.25, 0.3) is 10.8 Å². The number of non-ortho nitro benzene ring substituents is 1. The first-order chi connectivity index (χ1) is 9.59. The van der Waals surface area contributed by atoms with E-state index < -0.39 is 0 Å². The van der Waals surface area contributed by atoms with Gasteiger partial charge in [-0.05, 0) is 25.5 Å². The smallest absolute Gasteiger partial charge is 0.278 e. The van der Waals surface area contributed by atoms with Gasteiger partial charge in [-0.15, -0.1) is 0 Å². The van der Waals surface area contributed by atoms with E-state index in [1.165, 1.54) is 0 Å². The number of hydrogen-bond donors (Lipinski definition) is 1. The molecule has 104 valence electrons. The molecule has 2 atom stereocenters. The number of hydrogen-bond acceptors (Lipinski definition) is 5. The van der Waals surface area contributed by atoms with Crippen molar-refractivity contribution in [2.24, 2.45) is 5.73 Å². The first-order valence-electron chi connectivity index (χ1n) is 6.63. The van der Waals surface area contributed by atoms with Crippen molar-refractivity contribution in [1.29, 1.82) is 0 Å². The molecule has 1 aliphatic heterocycles. The Hall–Kier alpha value is -2.21. The van der Waals surface area contributed by atoms with Crippen LogP contribution in [0.15, 0.2) is 30.6 Å². The first-order valence-corrected chi connectivity index (χ1v) is 6.63. The average molecular weight is 272 g/mol. The summed E-state index contributed by atoms with van der Waals surface area (Å²) in [5.41, 5.74) is 7.15. The lowest BCUT2D eigenvalue weighted by Crippen LogP contribution is -2.36. The maximum absolute atomic E-state index is 11.1.